The SMILES string of the molecule is CCCN(CCN)CCN(CC)CCN. The van der Waals surface area contributed by atoms with E-state index in [0.29, 0.717) is 0 Å². The molecule has 0 aromatic heterocycles. The predicted molar refractivity (Wildman–Crippen MR) is 67.0 cm³/mol. The third-order valence-corrected chi connectivity index (χ3v) is 2.61. The monoisotopic (exact) mass is 216 g/mol. The zero-order valence-electron chi connectivity index (χ0n) is 10.4. The van der Waals surface area contributed by atoms with Crippen LogP contribution >= 0.6 is 0 Å². The first-order valence-corrected chi connectivity index (χ1v) is 6.13. The van der Waals surface area contributed by atoms with Gasteiger partial charge in [-0.3, -0.25) is 0 Å². The van der Waals surface area contributed by atoms with E-state index >= 15 is 0 Å². The van der Waals surface area contributed by atoms with Crippen LogP contribution in [0.2, 0.25) is 0 Å². The second kappa shape index (κ2) is 10.4. The maximum atomic E-state index is 5.58. The van der Waals surface area contributed by atoms with Crippen molar-refractivity contribution < 1.29 is 0 Å². The van der Waals surface area contributed by atoms with E-state index in [9.17, 15) is 0 Å². The minimum atomic E-state index is 0.749. The lowest BCUT2D eigenvalue weighted by molar-refractivity contribution is 0.215. The van der Waals surface area contributed by atoms with Crippen molar-refractivity contribution in [1.82, 2.24) is 9.80 Å². The van der Waals surface area contributed by atoms with Crippen molar-refractivity contribution in [1.29, 1.82) is 0 Å². The summed E-state index contributed by atoms with van der Waals surface area (Å²) < 4.78 is 0. The molecule has 0 bridgehead atoms. The van der Waals surface area contributed by atoms with Crippen LogP contribution in [0.15, 0.2) is 0 Å². The average Bonchev–Trinajstić information content (AvgIpc) is 2.24. The van der Waals surface area contributed by atoms with Gasteiger partial charge in [-0.15, -0.1) is 0 Å². The fourth-order valence-corrected chi connectivity index (χ4v) is 1.73. The van der Waals surface area contributed by atoms with Crippen LogP contribution in [0, 0.1) is 0 Å². The molecule has 0 aromatic carbocycles. The van der Waals surface area contributed by atoms with Crippen LogP contribution < -0.4 is 11.5 Å². The average molecular weight is 216 g/mol. The van der Waals surface area contributed by atoms with Crippen molar-refractivity contribution in [2.24, 2.45) is 11.5 Å². The van der Waals surface area contributed by atoms with Gasteiger partial charge >= 0.3 is 0 Å². The molecule has 4 N–H and O–H groups in total. The Bertz CT molecular complexity index is 124. The van der Waals surface area contributed by atoms with Gasteiger partial charge < -0.3 is 21.3 Å². The quantitative estimate of drug-likeness (QED) is 0.537. The largest absolute Gasteiger partial charge is 0.329 e. The molecule has 0 aromatic rings. The van der Waals surface area contributed by atoms with E-state index in [0.717, 1.165) is 52.4 Å². The Morgan fingerprint density at radius 1 is 0.733 bits per heavy atom. The second-order valence-corrected chi connectivity index (χ2v) is 3.85. The third-order valence-electron chi connectivity index (χ3n) is 2.61. The van der Waals surface area contributed by atoms with E-state index in [1.807, 2.05) is 0 Å². The molecule has 0 saturated carbocycles. The normalized spacial score (nSPS) is 11.6. The van der Waals surface area contributed by atoms with Crippen LogP contribution in [0.5, 0.6) is 0 Å². The molecule has 0 radical (unpaired) electrons. The number of nitrogens with two attached hydrogens (primary N) is 2. The maximum absolute atomic E-state index is 5.58. The molecule has 0 atom stereocenters. The summed E-state index contributed by atoms with van der Waals surface area (Å²) >= 11 is 0. The van der Waals surface area contributed by atoms with Gasteiger partial charge in [-0.2, -0.15) is 0 Å². The minimum absolute atomic E-state index is 0.749. The molecule has 4 heteroatoms. The van der Waals surface area contributed by atoms with E-state index in [-0.39, 0.29) is 0 Å². The fourth-order valence-electron chi connectivity index (χ4n) is 1.73. The summed E-state index contributed by atoms with van der Waals surface area (Å²) in [4.78, 5) is 4.82. The van der Waals surface area contributed by atoms with Crippen molar-refractivity contribution in [3.63, 3.8) is 0 Å². The third kappa shape index (κ3) is 7.73. The van der Waals surface area contributed by atoms with Gasteiger partial charge in [-0.05, 0) is 19.5 Å². The van der Waals surface area contributed by atoms with E-state index in [2.05, 4.69) is 23.6 Å². The zero-order valence-corrected chi connectivity index (χ0v) is 10.4. The summed E-state index contributed by atoms with van der Waals surface area (Å²) in [6.45, 7) is 12.3. The van der Waals surface area contributed by atoms with Gasteiger partial charge in [-0.1, -0.05) is 13.8 Å². The lowest BCUT2D eigenvalue weighted by atomic mass is 10.3. The standard InChI is InChI=1S/C11H28N4/c1-3-7-15(9-6-13)11-10-14(4-2)8-5-12/h3-13H2,1-2H3. The first-order chi connectivity index (χ1) is 7.28. The molecule has 0 aliphatic heterocycles. The molecule has 0 saturated heterocycles. The van der Waals surface area contributed by atoms with E-state index < -0.39 is 0 Å². The van der Waals surface area contributed by atoms with Gasteiger partial charge in [0.05, 0.1) is 0 Å². The highest BCUT2D eigenvalue weighted by Crippen LogP contribution is 1.93. The number of nitrogens with zero attached hydrogens (tertiary/aromatic N) is 2. The summed E-state index contributed by atoms with van der Waals surface area (Å²) in [7, 11) is 0. The molecule has 0 aliphatic rings. The molecule has 0 fully saturated rings. The van der Waals surface area contributed by atoms with Gasteiger partial charge in [-0.25, -0.2) is 0 Å². The molecule has 4 nitrogen and oxygen atoms in total. The van der Waals surface area contributed by atoms with E-state index in [4.69, 9.17) is 11.5 Å². The lowest BCUT2D eigenvalue weighted by Gasteiger charge is -2.26. The summed E-state index contributed by atoms with van der Waals surface area (Å²) in [5.74, 6) is 0. The first-order valence-electron chi connectivity index (χ1n) is 6.13. The highest BCUT2D eigenvalue weighted by atomic mass is 15.2. The molecule has 0 spiro atoms. The van der Waals surface area contributed by atoms with E-state index in [1.165, 1.54) is 6.42 Å². The lowest BCUT2D eigenvalue weighted by Crippen LogP contribution is -2.39. The van der Waals surface area contributed by atoms with Gasteiger partial charge in [0.25, 0.3) is 0 Å². The maximum Gasteiger partial charge on any atom is 0.0110 e. The molecule has 15 heavy (non-hydrogen) atoms. The fraction of sp³-hybridized carbons (Fsp3) is 1.00. The van der Waals surface area contributed by atoms with E-state index in [1.54, 1.807) is 0 Å². The number of hydrogen-bond donors (Lipinski definition) is 2. The Balaban J connectivity index is 3.73. The van der Waals surface area contributed by atoms with Gasteiger partial charge in [0.2, 0.25) is 0 Å². The van der Waals surface area contributed by atoms with Crippen LogP contribution in [0.25, 0.3) is 0 Å². The second-order valence-electron chi connectivity index (χ2n) is 3.85. The summed E-state index contributed by atoms with van der Waals surface area (Å²) in [5.41, 5.74) is 11.1. The molecule has 0 unspecified atom stereocenters. The smallest absolute Gasteiger partial charge is 0.0110 e. The van der Waals surface area contributed by atoms with Crippen molar-refractivity contribution in [2.75, 3.05) is 52.4 Å². The highest BCUT2D eigenvalue weighted by Gasteiger charge is 2.05. The molecule has 0 aliphatic carbocycles. The topological polar surface area (TPSA) is 58.5 Å². The summed E-state index contributed by atoms with van der Waals surface area (Å²) in [6, 6.07) is 0. The Morgan fingerprint density at radius 3 is 1.73 bits per heavy atom. The Morgan fingerprint density at radius 2 is 1.27 bits per heavy atom. The summed E-state index contributed by atoms with van der Waals surface area (Å²) in [6.07, 6.45) is 1.20. The van der Waals surface area contributed by atoms with Crippen LogP contribution in [-0.4, -0.2) is 62.2 Å². The van der Waals surface area contributed by atoms with Gasteiger partial charge in [0.1, 0.15) is 0 Å². The molecule has 0 amide bonds. The van der Waals surface area contributed by atoms with Crippen molar-refractivity contribution in [3.8, 4) is 0 Å². The molecule has 0 rings (SSSR count). The van der Waals surface area contributed by atoms with Crippen LogP contribution in [0.3, 0.4) is 0 Å². The molecular formula is C11H28N4. The molecular weight excluding hydrogens is 188 g/mol. The molecule has 0 heterocycles. The zero-order chi connectivity index (χ0) is 11.5. The Labute approximate surface area is 94.6 Å². The predicted octanol–water partition coefficient (Wildman–Crippen LogP) is -0.0623. The number of rotatable bonds is 10. The van der Waals surface area contributed by atoms with Gasteiger partial charge in [0, 0.05) is 39.3 Å². The van der Waals surface area contributed by atoms with Crippen molar-refractivity contribution in [3.05, 3.63) is 0 Å². The van der Waals surface area contributed by atoms with Crippen LogP contribution in [0.4, 0.5) is 0 Å². The Hall–Kier alpha value is -0.160. The summed E-state index contributed by atoms with van der Waals surface area (Å²) in [5, 5.41) is 0. The number of likely N-dealkylation sites (N-methyl/N-ethyl adjacent to an activating group) is 1. The first kappa shape index (κ1) is 14.8. The van der Waals surface area contributed by atoms with Crippen molar-refractivity contribution >= 4 is 0 Å². The van der Waals surface area contributed by atoms with Crippen LogP contribution in [-0.2, 0) is 0 Å². The molecule has 92 valence electrons. The minimum Gasteiger partial charge on any atom is -0.329 e. The van der Waals surface area contributed by atoms with Crippen LogP contribution in [0.1, 0.15) is 20.3 Å². The van der Waals surface area contributed by atoms with Crippen molar-refractivity contribution in [2.45, 2.75) is 20.3 Å². The van der Waals surface area contributed by atoms with Gasteiger partial charge in [0.15, 0.2) is 0 Å². The Kier molecular flexibility index (Phi) is 10.3. The highest BCUT2D eigenvalue weighted by molar-refractivity contribution is 4.63. The number of hydrogen-bond acceptors (Lipinski definition) is 4.